The third-order valence-corrected chi connectivity index (χ3v) is 3.41. The lowest BCUT2D eigenvalue weighted by Crippen LogP contribution is -2.01. The molecule has 2 N–H and O–H groups in total. The molecule has 2 heterocycles. The molecule has 0 spiro atoms. The lowest BCUT2D eigenvalue weighted by molar-refractivity contribution is 0.459. The van der Waals surface area contributed by atoms with Gasteiger partial charge in [0.2, 0.25) is 5.65 Å². The van der Waals surface area contributed by atoms with Crippen molar-refractivity contribution >= 4 is 21.6 Å². The van der Waals surface area contributed by atoms with Crippen LogP contribution in [0.1, 0.15) is 11.4 Å². The minimum absolute atomic E-state index is 0.379. The molecule has 2 aromatic heterocycles. The summed E-state index contributed by atoms with van der Waals surface area (Å²) in [7, 11) is 0. The van der Waals surface area contributed by atoms with Gasteiger partial charge in [-0.1, -0.05) is 15.9 Å². The van der Waals surface area contributed by atoms with E-state index in [1.807, 2.05) is 29.5 Å². The van der Waals surface area contributed by atoms with Crippen LogP contribution in [0.4, 0.5) is 0 Å². The number of nitrogens with zero attached hydrogens (tertiary/aromatic N) is 4. The highest BCUT2D eigenvalue weighted by atomic mass is 79.9. The molecule has 0 aliphatic carbocycles. The van der Waals surface area contributed by atoms with Gasteiger partial charge in [0.15, 0.2) is 0 Å². The zero-order chi connectivity index (χ0) is 14.1. The Morgan fingerprint density at radius 3 is 3.00 bits per heavy atom. The summed E-state index contributed by atoms with van der Waals surface area (Å²) in [5.74, 6) is 1.85. The van der Waals surface area contributed by atoms with Crippen LogP contribution in [0, 0.1) is 6.92 Å². The van der Waals surface area contributed by atoms with Crippen molar-refractivity contribution in [1.82, 2.24) is 19.6 Å². The number of aryl methyl sites for hydroxylation is 1. The van der Waals surface area contributed by atoms with Gasteiger partial charge in [-0.2, -0.15) is 0 Å². The highest BCUT2D eigenvalue weighted by Gasteiger charge is 2.12. The molecule has 3 aromatic rings. The fraction of sp³-hybridized carbons (Fsp3) is 0.154. The monoisotopic (exact) mass is 333 g/mol. The number of hydrogen-bond donors (Lipinski definition) is 1. The SMILES string of the molecule is Cc1nnc2c(Oc3ccc(Br)cc3CN)nccn12. The molecular formula is C13H12BrN5O. The van der Waals surface area contributed by atoms with Crippen molar-refractivity contribution in [1.29, 1.82) is 0 Å². The molecule has 0 aliphatic heterocycles. The topological polar surface area (TPSA) is 78.3 Å². The summed E-state index contributed by atoms with van der Waals surface area (Å²) >= 11 is 3.41. The summed E-state index contributed by atoms with van der Waals surface area (Å²) in [5, 5.41) is 8.09. The number of ether oxygens (including phenoxy) is 1. The summed E-state index contributed by atoms with van der Waals surface area (Å²) in [5.41, 5.74) is 7.20. The van der Waals surface area contributed by atoms with Crippen molar-refractivity contribution in [2.75, 3.05) is 0 Å². The van der Waals surface area contributed by atoms with Gasteiger partial charge in [-0.15, -0.1) is 10.2 Å². The number of nitrogens with two attached hydrogens (primary N) is 1. The van der Waals surface area contributed by atoms with Crippen LogP contribution in [0.25, 0.3) is 5.65 Å². The molecule has 0 fully saturated rings. The van der Waals surface area contributed by atoms with Gasteiger partial charge in [0.1, 0.15) is 11.6 Å². The number of benzene rings is 1. The summed E-state index contributed by atoms with van der Waals surface area (Å²) in [6.07, 6.45) is 3.45. The van der Waals surface area contributed by atoms with Crippen LogP contribution in [0.15, 0.2) is 35.1 Å². The van der Waals surface area contributed by atoms with Gasteiger partial charge in [-0.25, -0.2) is 4.98 Å². The van der Waals surface area contributed by atoms with Gasteiger partial charge >= 0.3 is 0 Å². The maximum atomic E-state index is 5.85. The fourth-order valence-corrected chi connectivity index (χ4v) is 2.31. The maximum Gasteiger partial charge on any atom is 0.265 e. The van der Waals surface area contributed by atoms with E-state index in [0.717, 1.165) is 15.9 Å². The number of halogens is 1. The van der Waals surface area contributed by atoms with E-state index < -0.39 is 0 Å². The molecule has 0 unspecified atom stereocenters. The first kappa shape index (κ1) is 13.0. The van der Waals surface area contributed by atoms with Crippen LogP contribution in [0.5, 0.6) is 11.6 Å². The van der Waals surface area contributed by atoms with E-state index in [4.69, 9.17) is 10.5 Å². The van der Waals surface area contributed by atoms with E-state index in [-0.39, 0.29) is 0 Å². The molecule has 0 aliphatic rings. The van der Waals surface area contributed by atoms with Crippen LogP contribution in [0.2, 0.25) is 0 Å². The van der Waals surface area contributed by atoms with E-state index in [1.165, 1.54) is 0 Å². The Bertz CT molecular complexity index is 771. The summed E-state index contributed by atoms with van der Waals surface area (Å²) in [4.78, 5) is 4.22. The largest absolute Gasteiger partial charge is 0.436 e. The Hall–Kier alpha value is -1.99. The van der Waals surface area contributed by atoms with Crippen LogP contribution in [-0.2, 0) is 6.54 Å². The molecule has 7 heteroatoms. The second kappa shape index (κ2) is 5.18. The minimum atomic E-state index is 0.379. The van der Waals surface area contributed by atoms with Crippen LogP contribution in [-0.4, -0.2) is 19.6 Å². The van der Waals surface area contributed by atoms with Gasteiger partial charge in [0, 0.05) is 29.0 Å². The quantitative estimate of drug-likeness (QED) is 0.796. The molecule has 6 nitrogen and oxygen atoms in total. The van der Waals surface area contributed by atoms with Crippen LogP contribution in [0.3, 0.4) is 0 Å². The molecular weight excluding hydrogens is 322 g/mol. The number of hydrogen-bond acceptors (Lipinski definition) is 5. The molecule has 0 atom stereocenters. The zero-order valence-electron chi connectivity index (χ0n) is 10.7. The van der Waals surface area contributed by atoms with E-state index in [0.29, 0.717) is 23.8 Å². The summed E-state index contributed by atoms with van der Waals surface area (Å²) in [6.45, 7) is 2.25. The van der Waals surface area contributed by atoms with Gasteiger partial charge in [-0.3, -0.25) is 4.40 Å². The average molecular weight is 334 g/mol. The third kappa shape index (κ3) is 2.25. The van der Waals surface area contributed by atoms with Crippen molar-refractivity contribution in [3.05, 3.63) is 46.5 Å². The van der Waals surface area contributed by atoms with E-state index in [9.17, 15) is 0 Å². The molecule has 0 amide bonds. The first-order valence-electron chi connectivity index (χ1n) is 6.01. The predicted molar refractivity (Wildman–Crippen MR) is 77.6 cm³/mol. The van der Waals surface area contributed by atoms with E-state index in [1.54, 1.807) is 12.4 Å². The Kier molecular flexibility index (Phi) is 3.37. The smallest absolute Gasteiger partial charge is 0.265 e. The van der Waals surface area contributed by atoms with Gasteiger partial charge < -0.3 is 10.5 Å². The third-order valence-electron chi connectivity index (χ3n) is 2.91. The first-order chi connectivity index (χ1) is 9.69. The van der Waals surface area contributed by atoms with Crippen LogP contribution < -0.4 is 10.5 Å². The molecule has 20 heavy (non-hydrogen) atoms. The fourth-order valence-electron chi connectivity index (χ4n) is 1.90. The van der Waals surface area contributed by atoms with Gasteiger partial charge in [0.25, 0.3) is 5.88 Å². The average Bonchev–Trinajstić information content (AvgIpc) is 2.84. The molecule has 3 rings (SSSR count). The van der Waals surface area contributed by atoms with Crippen molar-refractivity contribution in [2.24, 2.45) is 5.73 Å². The highest BCUT2D eigenvalue weighted by Crippen LogP contribution is 2.28. The highest BCUT2D eigenvalue weighted by molar-refractivity contribution is 9.10. The first-order valence-corrected chi connectivity index (χ1v) is 6.81. The molecule has 0 saturated carbocycles. The summed E-state index contributed by atoms with van der Waals surface area (Å²) in [6, 6.07) is 5.66. The van der Waals surface area contributed by atoms with Gasteiger partial charge in [0.05, 0.1) is 0 Å². The number of rotatable bonds is 3. The lowest BCUT2D eigenvalue weighted by Gasteiger charge is -2.10. The van der Waals surface area contributed by atoms with Gasteiger partial charge in [-0.05, 0) is 25.1 Å². The van der Waals surface area contributed by atoms with E-state index >= 15 is 0 Å². The molecule has 1 aromatic carbocycles. The van der Waals surface area contributed by atoms with Crippen molar-refractivity contribution in [3.63, 3.8) is 0 Å². The predicted octanol–water partition coefficient (Wildman–Crippen LogP) is 2.45. The molecule has 0 radical (unpaired) electrons. The lowest BCUT2D eigenvalue weighted by atomic mass is 10.2. The maximum absolute atomic E-state index is 5.85. The minimum Gasteiger partial charge on any atom is -0.436 e. The van der Waals surface area contributed by atoms with Crippen molar-refractivity contribution in [3.8, 4) is 11.6 Å². The second-order valence-corrected chi connectivity index (χ2v) is 5.15. The molecule has 0 saturated heterocycles. The zero-order valence-corrected chi connectivity index (χ0v) is 12.3. The molecule has 0 bridgehead atoms. The molecule has 102 valence electrons. The Labute approximate surface area is 123 Å². The number of fused-ring (bicyclic) bond motifs is 1. The standard InChI is InChI=1S/C13H12BrN5O/c1-8-17-18-12-13(16-4-5-19(8)12)20-11-3-2-10(14)6-9(11)7-15/h2-6H,7,15H2,1H3. The Morgan fingerprint density at radius 2 is 2.20 bits per heavy atom. The van der Waals surface area contributed by atoms with Crippen molar-refractivity contribution in [2.45, 2.75) is 13.5 Å². The second-order valence-electron chi connectivity index (χ2n) is 4.23. The normalized spacial score (nSPS) is 10.9. The Balaban J connectivity index is 2.05. The Morgan fingerprint density at radius 1 is 1.35 bits per heavy atom. The number of aromatic nitrogens is 4. The van der Waals surface area contributed by atoms with Crippen LogP contribution >= 0.6 is 15.9 Å². The summed E-state index contributed by atoms with van der Waals surface area (Å²) < 4.78 is 8.62. The van der Waals surface area contributed by atoms with Crippen molar-refractivity contribution < 1.29 is 4.74 Å². The van der Waals surface area contributed by atoms with E-state index in [2.05, 4.69) is 31.1 Å².